The predicted molar refractivity (Wildman–Crippen MR) is 156 cm³/mol. The number of fused-ring (bicyclic) bond motifs is 17. The van der Waals surface area contributed by atoms with Crippen LogP contribution in [0.1, 0.15) is 5.56 Å². The van der Waals surface area contributed by atoms with Crippen molar-refractivity contribution in [2.24, 2.45) is 5.73 Å². The summed E-state index contributed by atoms with van der Waals surface area (Å²) in [5.74, 6) is 2.22. The molecule has 2 aliphatic rings. The SMILES string of the molecule is N[C](=[Zn])/C=C\c1[c-]c2nc3nc(nc4[nH]c(nc5nc(nc1[nH]2)-c1ccccc1-5)c1ccccc41)-c1ccccc1-3. The topological polar surface area (TPSA) is 135 Å². The second-order valence-electron chi connectivity index (χ2n) is 9.69. The van der Waals surface area contributed by atoms with Crippen molar-refractivity contribution in [2.45, 2.75) is 0 Å². The normalized spacial score (nSPS) is 12.1. The summed E-state index contributed by atoms with van der Waals surface area (Å²) in [5.41, 5.74) is 12.7. The van der Waals surface area contributed by atoms with Crippen molar-refractivity contribution < 1.29 is 17.9 Å². The van der Waals surface area contributed by atoms with Gasteiger partial charge in [0.15, 0.2) is 0 Å². The Bertz CT molecular complexity index is 2260. The molecule has 190 valence electrons. The van der Waals surface area contributed by atoms with Gasteiger partial charge >= 0.3 is 214 Å². The first-order valence-electron chi connectivity index (χ1n) is 13.0. The Morgan fingerprint density at radius 1 is 0.610 bits per heavy atom. The number of aromatic nitrogens is 8. The van der Waals surface area contributed by atoms with Gasteiger partial charge in [-0.25, -0.2) is 0 Å². The third-order valence-corrected chi connectivity index (χ3v) is 7.49. The van der Waals surface area contributed by atoms with Crippen molar-refractivity contribution in [3.05, 3.63) is 90.5 Å². The van der Waals surface area contributed by atoms with E-state index in [4.69, 9.17) is 35.6 Å². The molecule has 0 saturated heterocycles. The number of nitrogens with two attached hydrogens (primary N) is 1. The monoisotopic (exact) mass is 580 g/mol. The van der Waals surface area contributed by atoms with E-state index in [1.165, 1.54) is 0 Å². The Morgan fingerprint density at radius 2 is 1.07 bits per heavy atom. The third kappa shape index (κ3) is 4.04. The van der Waals surface area contributed by atoms with Crippen molar-refractivity contribution in [1.82, 2.24) is 39.9 Å². The van der Waals surface area contributed by atoms with Crippen LogP contribution in [-0.2, 0) is 17.9 Å². The molecular formula is C31H18N9Zn-. The molecule has 0 unspecified atom stereocenters. The van der Waals surface area contributed by atoms with Crippen LogP contribution in [0.25, 0.3) is 85.0 Å². The van der Waals surface area contributed by atoms with Crippen LogP contribution in [0.3, 0.4) is 0 Å². The molecule has 4 N–H and O–H groups in total. The zero-order valence-electron chi connectivity index (χ0n) is 21.6. The van der Waals surface area contributed by atoms with E-state index in [0.717, 1.165) is 60.7 Å². The van der Waals surface area contributed by atoms with Gasteiger partial charge < -0.3 is 0 Å². The molecule has 9 nitrogen and oxygen atoms in total. The summed E-state index contributed by atoms with van der Waals surface area (Å²) in [6.45, 7) is 0. The molecule has 8 bridgehead atoms. The Kier molecular flexibility index (Phi) is 5.38. The summed E-state index contributed by atoms with van der Waals surface area (Å²) in [6, 6.07) is 27.3. The average Bonchev–Trinajstić information content (AvgIpc) is 3.72. The summed E-state index contributed by atoms with van der Waals surface area (Å²) in [7, 11) is 0. The van der Waals surface area contributed by atoms with Crippen LogP contribution in [0.4, 0.5) is 0 Å². The molecule has 0 saturated carbocycles. The fourth-order valence-corrected chi connectivity index (χ4v) is 5.37. The number of benzene rings is 3. The van der Waals surface area contributed by atoms with E-state index in [-0.39, 0.29) is 0 Å². The zero-order chi connectivity index (χ0) is 27.5. The maximum atomic E-state index is 5.99. The van der Waals surface area contributed by atoms with Crippen molar-refractivity contribution >= 4 is 43.7 Å². The average molecular weight is 582 g/mol. The maximum absolute atomic E-state index is 5.99. The van der Waals surface area contributed by atoms with Gasteiger partial charge in [0.25, 0.3) is 0 Å². The first kappa shape index (κ1) is 23.8. The predicted octanol–water partition coefficient (Wildman–Crippen LogP) is 5.16. The summed E-state index contributed by atoms with van der Waals surface area (Å²) < 4.78 is 0.785. The van der Waals surface area contributed by atoms with Crippen LogP contribution < -0.4 is 5.73 Å². The summed E-state index contributed by atoms with van der Waals surface area (Å²) >= 11 is 0.856. The number of nitrogens with zero attached hydrogens (tertiary/aromatic N) is 6. The van der Waals surface area contributed by atoms with Gasteiger partial charge in [0, 0.05) is 5.39 Å². The van der Waals surface area contributed by atoms with E-state index in [9.17, 15) is 0 Å². The van der Waals surface area contributed by atoms with Gasteiger partial charge in [0.1, 0.15) is 0 Å². The Labute approximate surface area is 242 Å². The van der Waals surface area contributed by atoms with Crippen molar-refractivity contribution in [3.8, 4) is 45.6 Å². The number of aromatic amines is 2. The van der Waals surface area contributed by atoms with Crippen LogP contribution >= 0.6 is 0 Å². The van der Waals surface area contributed by atoms with Gasteiger partial charge in [-0.1, -0.05) is 24.3 Å². The molecule has 3 aromatic carbocycles. The molecule has 10 heteroatoms. The van der Waals surface area contributed by atoms with Gasteiger partial charge in [0.2, 0.25) is 0 Å². The van der Waals surface area contributed by atoms with Crippen molar-refractivity contribution in [2.75, 3.05) is 0 Å². The molecule has 8 rings (SSSR count). The van der Waals surface area contributed by atoms with Crippen LogP contribution in [0, 0.1) is 6.07 Å². The molecule has 41 heavy (non-hydrogen) atoms. The Hall–Kier alpha value is -5.05. The van der Waals surface area contributed by atoms with E-state index >= 15 is 0 Å². The molecule has 3 aromatic heterocycles. The van der Waals surface area contributed by atoms with Gasteiger partial charge in [-0.3, -0.25) is 0 Å². The second kappa shape index (κ2) is 9.26. The van der Waals surface area contributed by atoms with Crippen LogP contribution in [0.5, 0.6) is 0 Å². The summed E-state index contributed by atoms with van der Waals surface area (Å²) in [4.78, 5) is 36.2. The molecule has 0 radical (unpaired) electrons. The molecule has 0 fully saturated rings. The van der Waals surface area contributed by atoms with Crippen LogP contribution in [-0.4, -0.2) is 44.1 Å². The number of hydrogen-bond acceptors (Lipinski definition) is 7. The first-order valence-corrected chi connectivity index (χ1v) is 14.5. The van der Waals surface area contributed by atoms with Crippen LogP contribution in [0.15, 0.2) is 78.9 Å². The molecule has 5 heterocycles. The minimum atomic E-state index is 0.490. The Balaban J connectivity index is 1.55. The van der Waals surface area contributed by atoms with Crippen molar-refractivity contribution in [3.63, 3.8) is 0 Å². The molecule has 0 amide bonds. The zero-order valence-corrected chi connectivity index (χ0v) is 24.5. The van der Waals surface area contributed by atoms with Crippen molar-refractivity contribution in [1.29, 1.82) is 0 Å². The number of rotatable bonds is 2. The van der Waals surface area contributed by atoms with Gasteiger partial charge in [0.05, 0.1) is 0 Å². The van der Waals surface area contributed by atoms with Crippen LogP contribution in [0.2, 0.25) is 0 Å². The fraction of sp³-hybridized carbons (Fsp3) is 0. The first-order chi connectivity index (χ1) is 20.1. The van der Waals surface area contributed by atoms with E-state index in [2.05, 4.69) is 16.0 Å². The third-order valence-electron chi connectivity index (χ3n) is 7.00. The summed E-state index contributed by atoms with van der Waals surface area (Å²) in [6.07, 6.45) is 3.75. The van der Waals surface area contributed by atoms with E-state index in [0.29, 0.717) is 45.9 Å². The summed E-state index contributed by atoms with van der Waals surface area (Å²) in [5, 5.41) is 1.88. The van der Waals surface area contributed by atoms with E-state index in [1.54, 1.807) is 0 Å². The Morgan fingerprint density at radius 3 is 1.59 bits per heavy atom. The molecule has 0 aliphatic carbocycles. The molecular weight excluding hydrogens is 564 g/mol. The van der Waals surface area contributed by atoms with E-state index < -0.39 is 0 Å². The molecule has 0 atom stereocenters. The fourth-order valence-electron chi connectivity index (χ4n) is 5.12. The number of H-pyrrole nitrogens is 2. The molecule has 6 aromatic rings. The molecule has 0 spiro atoms. The standard InChI is InChI=1S/C31H18N9.Zn/c32-15-7-8-17-16-24-33-25(17)35-27-20-11-3-4-12-21(20)29(37-27)39-31-23-14-6-5-13-22(23)30(40-31)38-28-19-10-2-1-9-18(19)26(34-24)36-28;/h1-14H,32H2,(H2,33,34,35,36,37,38,39,40);/q-1;/b8-7-;. The van der Waals surface area contributed by atoms with E-state index in [1.807, 2.05) is 84.9 Å². The second-order valence-corrected chi connectivity index (χ2v) is 11.4. The van der Waals surface area contributed by atoms with Gasteiger partial charge in [-0.15, -0.1) is 0 Å². The quantitative estimate of drug-likeness (QED) is 0.189. The number of nitrogens with one attached hydrogen (secondary N) is 2. The molecule has 2 aliphatic heterocycles. The number of hydrogen-bond donors (Lipinski definition) is 3. The van der Waals surface area contributed by atoms with Gasteiger partial charge in [-0.05, 0) is 0 Å². The van der Waals surface area contributed by atoms with Gasteiger partial charge in [-0.2, -0.15) is 0 Å². The minimum absolute atomic E-state index is 0.490.